The standard InChI is InChI=1S/C23H20F2N4O/c24-17-6-3-5-16(20(17)25)19-8-9-26-29(19)21(30)23-11-22(12-23,13-23)14-28-18-7-2-1-4-15(18)10-27-28/h1-7,9-10,19H,8,11-14H2. The number of aromatic nitrogens is 2. The quantitative estimate of drug-likeness (QED) is 0.643. The monoisotopic (exact) mass is 406 g/mol. The van der Waals surface area contributed by atoms with E-state index in [1.165, 1.54) is 17.1 Å². The number of rotatable bonds is 4. The Balaban J connectivity index is 1.19. The number of carbonyl (C=O) groups excluding carboxylic acids is 1. The Kier molecular flexibility index (Phi) is 3.53. The Hall–Kier alpha value is -3.09. The fraction of sp³-hybridized carbons (Fsp3) is 0.348. The smallest absolute Gasteiger partial charge is 0.249 e. The Labute approximate surface area is 172 Å². The normalized spacial score (nSPS) is 29.1. The summed E-state index contributed by atoms with van der Waals surface area (Å²) in [6, 6.07) is 11.6. The molecule has 4 aliphatic rings. The lowest BCUT2D eigenvalue weighted by Gasteiger charge is -2.69. The van der Waals surface area contributed by atoms with Gasteiger partial charge < -0.3 is 0 Å². The highest BCUT2D eigenvalue weighted by molar-refractivity contribution is 5.88. The van der Waals surface area contributed by atoms with E-state index in [-0.39, 0.29) is 16.9 Å². The van der Waals surface area contributed by atoms with Gasteiger partial charge in [0.15, 0.2) is 11.6 Å². The number of benzene rings is 2. The fourth-order valence-electron chi connectivity index (χ4n) is 5.75. The van der Waals surface area contributed by atoms with E-state index in [1.54, 1.807) is 6.21 Å². The summed E-state index contributed by atoms with van der Waals surface area (Å²) in [5.74, 6) is -1.87. The van der Waals surface area contributed by atoms with Crippen molar-refractivity contribution in [1.29, 1.82) is 0 Å². The van der Waals surface area contributed by atoms with Gasteiger partial charge in [0.1, 0.15) is 0 Å². The number of hydrogen-bond donors (Lipinski definition) is 0. The van der Waals surface area contributed by atoms with Crippen LogP contribution in [-0.2, 0) is 11.3 Å². The van der Waals surface area contributed by atoms with E-state index in [9.17, 15) is 13.6 Å². The van der Waals surface area contributed by atoms with Crippen LogP contribution in [-0.4, -0.2) is 26.9 Å². The van der Waals surface area contributed by atoms with E-state index < -0.39 is 23.1 Å². The number of nitrogens with zero attached hydrogens (tertiary/aromatic N) is 4. The second-order valence-corrected chi connectivity index (χ2v) is 9.01. The van der Waals surface area contributed by atoms with Gasteiger partial charge in [-0.3, -0.25) is 9.48 Å². The predicted octanol–water partition coefficient (Wildman–Crippen LogP) is 4.44. The van der Waals surface area contributed by atoms with Gasteiger partial charge in [-0.05, 0) is 36.8 Å². The zero-order chi connectivity index (χ0) is 20.5. The number of amides is 1. The maximum Gasteiger partial charge on any atom is 0.249 e. The van der Waals surface area contributed by atoms with Crippen molar-refractivity contribution < 1.29 is 13.6 Å². The molecule has 1 atom stereocenters. The highest BCUT2D eigenvalue weighted by atomic mass is 19.2. The summed E-state index contributed by atoms with van der Waals surface area (Å²) in [7, 11) is 0. The molecule has 0 spiro atoms. The highest BCUT2D eigenvalue weighted by Gasteiger charge is 2.72. The summed E-state index contributed by atoms with van der Waals surface area (Å²) in [6.07, 6.45) is 6.25. The van der Waals surface area contributed by atoms with E-state index in [1.807, 2.05) is 29.1 Å². The van der Waals surface area contributed by atoms with Crippen molar-refractivity contribution in [3.05, 3.63) is 65.9 Å². The number of para-hydroxylation sites is 1. The van der Waals surface area contributed by atoms with Crippen LogP contribution in [0.3, 0.4) is 0 Å². The molecule has 2 heterocycles. The summed E-state index contributed by atoms with van der Waals surface area (Å²) < 4.78 is 30.0. The van der Waals surface area contributed by atoms with Crippen molar-refractivity contribution in [3.8, 4) is 0 Å². The molecule has 3 saturated carbocycles. The fourth-order valence-corrected chi connectivity index (χ4v) is 5.75. The molecule has 7 rings (SSSR count). The minimum Gasteiger partial charge on any atom is -0.272 e. The van der Waals surface area contributed by atoms with Crippen LogP contribution in [0.15, 0.2) is 53.8 Å². The molecule has 0 saturated heterocycles. The van der Waals surface area contributed by atoms with Gasteiger partial charge in [0.05, 0.1) is 23.2 Å². The average Bonchev–Trinajstić information content (AvgIpc) is 3.32. The van der Waals surface area contributed by atoms with Gasteiger partial charge >= 0.3 is 0 Å². The summed E-state index contributed by atoms with van der Waals surface area (Å²) >= 11 is 0. The Bertz CT molecular complexity index is 1200. The third-order valence-corrected chi connectivity index (χ3v) is 7.01. The topological polar surface area (TPSA) is 50.5 Å². The third-order valence-electron chi connectivity index (χ3n) is 7.01. The van der Waals surface area contributed by atoms with Crippen LogP contribution in [0.4, 0.5) is 8.78 Å². The summed E-state index contributed by atoms with van der Waals surface area (Å²) in [4.78, 5) is 13.3. The molecule has 1 amide bonds. The van der Waals surface area contributed by atoms with Gasteiger partial charge in [-0.15, -0.1) is 0 Å². The van der Waals surface area contributed by atoms with Gasteiger partial charge in [-0.2, -0.15) is 10.2 Å². The first-order valence-corrected chi connectivity index (χ1v) is 10.2. The van der Waals surface area contributed by atoms with E-state index in [0.717, 1.165) is 42.8 Å². The lowest BCUT2D eigenvalue weighted by Crippen LogP contribution is -2.68. The van der Waals surface area contributed by atoms with Crippen molar-refractivity contribution in [2.45, 2.75) is 38.3 Å². The number of halogens is 2. The Morgan fingerprint density at radius 3 is 2.73 bits per heavy atom. The van der Waals surface area contributed by atoms with Crippen molar-refractivity contribution in [2.75, 3.05) is 0 Å². The molecule has 3 aromatic rings. The zero-order valence-corrected chi connectivity index (χ0v) is 16.3. The van der Waals surface area contributed by atoms with Crippen LogP contribution in [0.5, 0.6) is 0 Å². The van der Waals surface area contributed by atoms with Crippen molar-refractivity contribution in [2.24, 2.45) is 15.9 Å². The molecule has 7 heteroatoms. The first kappa shape index (κ1) is 17.7. The van der Waals surface area contributed by atoms with Crippen molar-refractivity contribution >= 4 is 23.0 Å². The van der Waals surface area contributed by atoms with Gasteiger partial charge in [0.2, 0.25) is 5.91 Å². The minimum atomic E-state index is -0.900. The van der Waals surface area contributed by atoms with Crippen LogP contribution in [0.1, 0.15) is 37.3 Å². The maximum atomic E-state index is 14.3. The Morgan fingerprint density at radius 1 is 1.10 bits per heavy atom. The molecular formula is C23H20F2N4O. The summed E-state index contributed by atoms with van der Waals surface area (Å²) in [5.41, 5.74) is 0.957. The highest BCUT2D eigenvalue weighted by Crippen LogP contribution is 2.74. The van der Waals surface area contributed by atoms with Gasteiger partial charge in [-0.25, -0.2) is 13.8 Å². The number of hydrazone groups is 1. The molecule has 1 aromatic heterocycles. The molecular weight excluding hydrogens is 386 g/mol. The van der Waals surface area contributed by atoms with Gasteiger partial charge in [-0.1, -0.05) is 30.3 Å². The van der Waals surface area contributed by atoms with E-state index in [0.29, 0.717) is 6.42 Å². The lowest BCUT2D eigenvalue weighted by molar-refractivity contribution is -0.223. The molecule has 5 nitrogen and oxygen atoms in total. The maximum absolute atomic E-state index is 14.3. The Morgan fingerprint density at radius 2 is 1.90 bits per heavy atom. The first-order chi connectivity index (χ1) is 14.5. The molecule has 152 valence electrons. The van der Waals surface area contributed by atoms with Crippen LogP contribution in [0.25, 0.3) is 10.9 Å². The molecule has 2 aromatic carbocycles. The number of carbonyl (C=O) groups is 1. The predicted molar refractivity (Wildman–Crippen MR) is 108 cm³/mol. The largest absolute Gasteiger partial charge is 0.272 e. The van der Waals surface area contributed by atoms with Crippen molar-refractivity contribution in [1.82, 2.24) is 14.8 Å². The molecule has 3 fully saturated rings. The van der Waals surface area contributed by atoms with Crippen LogP contribution in [0.2, 0.25) is 0 Å². The van der Waals surface area contributed by atoms with Crippen LogP contribution in [0, 0.1) is 22.5 Å². The van der Waals surface area contributed by atoms with E-state index in [2.05, 4.69) is 16.3 Å². The molecule has 3 aliphatic carbocycles. The molecule has 1 unspecified atom stereocenters. The average molecular weight is 406 g/mol. The SMILES string of the molecule is O=C(N1N=CCC1c1cccc(F)c1F)C12CC(Cn3ncc4ccccc43)(C1)C2. The summed E-state index contributed by atoms with van der Waals surface area (Å²) in [6.45, 7) is 0.792. The van der Waals surface area contributed by atoms with Crippen LogP contribution < -0.4 is 0 Å². The van der Waals surface area contributed by atoms with E-state index >= 15 is 0 Å². The molecule has 30 heavy (non-hydrogen) atoms. The number of hydrogen-bond acceptors (Lipinski definition) is 3. The van der Waals surface area contributed by atoms with Gasteiger partial charge in [0, 0.05) is 30.1 Å². The molecule has 0 N–H and O–H groups in total. The lowest BCUT2D eigenvalue weighted by atomic mass is 9.34. The molecule has 2 bridgehead atoms. The van der Waals surface area contributed by atoms with E-state index in [4.69, 9.17) is 0 Å². The second kappa shape index (κ2) is 5.97. The molecule has 1 aliphatic heterocycles. The van der Waals surface area contributed by atoms with Crippen LogP contribution >= 0.6 is 0 Å². The van der Waals surface area contributed by atoms with Gasteiger partial charge in [0.25, 0.3) is 0 Å². The molecule has 0 radical (unpaired) electrons. The zero-order valence-electron chi connectivity index (χ0n) is 16.3. The summed E-state index contributed by atoms with van der Waals surface area (Å²) in [5, 5.41) is 11.2. The second-order valence-electron chi connectivity index (χ2n) is 9.01. The third kappa shape index (κ3) is 2.35. The minimum absolute atomic E-state index is 0.0721. The number of fused-ring (bicyclic) bond motifs is 1. The van der Waals surface area contributed by atoms with Crippen molar-refractivity contribution in [3.63, 3.8) is 0 Å². The first-order valence-electron chi connectivity index (χ1n) is 10.2.